The molecule has 0 saturated heterocycles. The average Bonchev–Trinajstić information content (AvgIpc) is 3.36. The SMILES string of the molecule is Cc1cccc2c(O)c(C3=Nc4ccccc4CC(c4cn(-c5ccccc5)nc4-c4ccccc4)C3)c(=O)oc12. The van der Waals surface area contributed by atoms with Gasteiger partial charge in [0.2, 0.25) is 0 Å². The molecular weight excluding hydrogens is 510 g/mol. The molecular formula is C35H27N3O3. The number of hydrogen-bond donors (Lipinski definition) is 1. The second-order valence-corrected chi connectivity index (χ2v) is 10.4. The van der Waals surface area contributed by atoms with Crippen molar-refractivity contribution >= 4 is 22.4 Å². The quantitative estimate of drug-likeness (QED) is 0.236. The predicted octanol–water partition coefficient (Wildman–Crippen LogP) is 7.51. The van der Waals surface area contributed by atoms with E-state index in [1.165, 1.54) is 0 Å². The highest BCUT2D eigenvalue weighted by atomic mass is 16.4. The van der Waals surface area contributed by atoms with Crippen LogP contribution in [0.2, 0.25) is 0 Å². The molecule has 1 aliphatic heterocycles. The summed E-state index contributed by atoms with van der Waals surface area (Å²) in [6.45, 7) is 1.86. The molecule has 1 aliphatic rings. The number of rotatable bonds is 4. The van der Waals surface area contributed by atoms with Crippen LogP contribution in [0, 0.1) is 6.92 Å². The summed E-state index contributed by atoms with van der Waals surface area (Å²) in [5.74, 6) is -0.169. The summed E-state index contributed by atoms with van der Waals surface area (Å²) in [5.41, 5.74) is 6.94. The highest BCUT2D eigenvalue weighted by molar-refractivity contribution is 6.08. The Morgan fingerprint density at radius 1 is 0.854 bits per heavy atom. The van der Waals surface area contributed by atoms with E-state index in [4.69, 9.17) is 14.5 Å². The van der Waals surface area contributed by atoms with Gasteiger partial charge in [-0.1, -0.05) is 78.9 Å². The number of aromatic nitrogens is 2. The Hall–Kier alpha value is -5.23. The fourth-order valence-electron chi connectivity index (χ4n) is 5.76. The summed E-state index contributed by atoms with van der Waals surface area (Å²) < 4.78 is 7.68. The van der Waals surface area contributed by atoms with Gasteiger partial charge in [0.25, 0.3) is 0 Å². The van der Waals surface area contributed by atoms with Crippen LogP contribution in [-0.4, -0.2) is 20.6 Å². The molecule has 0 amide bonds. The highest BCUT2D eigenvalue weighted by Crippen LogP contribution is 2.40. The van der Waals surface area contributed by atoms with Crippen molar-refractivity contribution in [2.75, 3.05) is 0 Å². The van der Waals surface area contributed by atoms with Gasteiger partial charge in [-0.2, -0.15) is 5.10 Å². The van der Waals surface area contributed by atoms with Gasteiger partial charge in [0.15, 0.2) is 0 Å². The summed E-state index contributed by atoms with van der Waals surface area (Å²) in [4.78, 5) is 18.4. The van der Waals surface area contributed by atoms with E-state index in [0.29, 0.717) is 29.5 Å². The van der Waals surface area contributed by atoms with Crippen LogP contribution in [-0.2, 0) is 6.42 Å². The van der Waals surface area contributed by atoms with Crippen LogP contribution in [0.25, 0.3) is 27.9 Å². The lowest BCUT2D eigenvalue weighted by atomic mass is 9.86. The van der Waals surface area contributed by atoms with Gasteiger partial charge in [0.05, 0.1) is 28.2 Å². The molecule has 0 radical (unpaired) electrons. The van der Waals surface area contributed by atoms with Gasteiger partial charge < -0.3 is 9.52 Å². The van der Waals surface area contributed by atoms with Crippen molar-refractivity contribution < 1.29 is 9.52 Å². The monoisotopic (exact) mass is 537 g/mol. The number of fused-ring (bicyclic) bond motifs is 2. The van der Waals surface area contributed by atoms with Gasteiger partial charge in [0, 0.05) is 17.3 Å². The maximum absolute atomic E-state index is 13.4. The van der Waals surface area contributed by atoms with E-state index in [-0.39, 0.29) is 17.2 Å². The number of aromatic hydroxyl groups is 1. The van der Waals surface area contributed by atoms with Gasteiger partial charge in [0.1, 0.15) is 16.9 Å². The first-order valence-corrected chi connectivity index (χ1v) is 13.7. The molecule has 4 aromatic carbocycles. The topological polar surface area (TPSA) is 80.6 Å². The third-order valence-electron chi connectivity index (χ3n) is 7.79. The maximum Gasteiger partial charge on any atom is 0.349 e. The fraction of sp³-hybridized carbons (Fsp3) is 0.114. The van der Waals surface area contributed by atoms with Crippen molar-refractivity contribution in [2.24, 2.45) is 4.99 Å². The Morgan fingerprint density at radius 2 is 1.59 bits per heavy atom. The first kappa shape index (κ1) is 24.8. The van der Waals surface area contributed by atoms with Gasteiger partial charge in [-0.25, -0.2) is 9.48 Å². The summed E-state index contributed by atoms with van der Waals surface area (Å²) in [5, 5.41) is 17.0. The van der Waals surface area contributed by atoms with Crippen LogP contribution in [0.15, 0.2) is 124 Å². The van der Waals surface area contributed by atoms with Crippen LogP contribution in [0.4, 0.5) is 5.69 Å². The predicted molar refractivity (Wildman–Crippen MR) is 162 cm³/mol. The molecule has 6 aromatic rings. The largest absolute Gasteiger partial charge is 0.506 e. The van der Waals surface area contributed by atoms with Gasteiger partial charge in [-0.15, -0.1) is 0 Å². The van der Waals surface area contributed by atoms with Crippen molar-refractivity contribution in [3.05, 3.63) is 142 Å². The minimum atomic E-state index is -0.593. The molecule has 0 spiro atoms. The van der Waals surface area contributed by atoms with E-state index in [1.54, 1.807) is 6.07 Å². The molecule has 1 N–H and O–H groups in total. The van der Waals surface area contributed by atoms with E-state index >= 15 is 0 Å². The van der Waals surface area contributed by atoms with Crippen molar-refractivity contribution in [1.29, 1.82) is 0 Å². The molecule has 2 aromatic heterocycles. The fourth-order valence-corrected chi connectivity index (χ4v) is 5.76. The number of benzene rings is 4. The van der Waals surface area contributed by atoms with Crippen molar-refractivity contribution in [1.82, 2.24) is 9.78 Å². The van der Waals surface area contributed by atoms with Crippen molar-refractivity contribution in [3.63, 3.8) is 0 Å². The minimum Gasteiger partial charge on any atom is -0.506 e. The second-order valence-electron chi connectivity index (χ2n) is 10.4. The van der Waals surface area contributed by atoms with E-state index in [2.05, 4.69) is 24.4 Å². The zero-order valence-corrected chi connectivity index (χ0v) is 22.5. The third kappa shape index (κ3) is 4.43. The first-order valence-electron chi connectivity index (χ1n) is 13.7. The number of aliphatic imine (C=N–C) groups is 1. The highest BCUT2D eigenvalue weighted by Gasteiger charge is 2.30. The first-order chi connectivity index (χ1) is 20.1. The molecule has 0 aliphatic carbocycles. The molecule has 1 atom stereocenters. The summed E-state index contributed by atoms with van der Waals surface area (Å²) in [7, 11) is 0. The average molecular weight is 538 g/mol. The summed E-state index contributed by atoms with van der Waals surface area (Å²) in [6.07, 6.45) is 3.20. The number of hydrogen-bond acceptors (Lipinski definition) is 5. The number of nitrogens with zero attached hydrogens (tertiary/aromatic N) is 3. The molecule has 0 fully saturated rings. The lowest BCUT2D eigenvalue weighted by Crippen LogP contribution is -2.18. The summed E-state index contributed by atoms with van der Waals surface area (Å²) in [6, 6.07) is 33.6. The standard InChI is InChI=1S/C35H27N3O3/c1-22-11-10-17-27-33(39)31(35(40)41-34(22)27)30-20-25(19-24-14-8-9-18-29(24)36-30)28-21-38(26-15-6-3-7-16-26)37-32(28)23-12-4-2-5-13-23/h2-18,21,25,39H,19-20H2,1H3. The van der Waals surface area contributed by atoms with Crippen LogP contribution in [0.1, 0.15) is 34.6 Å². The lowest BCUT2D eigenvalue weighted by molar-refractivity contribution is 0.465. The van der Waals surface area contributed by atoms with Crippen LogP contribution in [0.3, 0.4) is 0 Å². The van der Waals surface area contributed by atoms with Gasteiger partial charge in [-0.3, -0.25) is 4.99 Å². The van der Waals surface area contributed by atoms with E-state index in [1.807, 2.05) is 90.5 Å². The third-order valence-corrected chi connectivity index (χ3v) is 7.79. The maximum atomic E-state index is 13.4. The summed E-state index contributed by atoms with van der Waals surface area (Å²) >= 11 is 0. The van der Waals surface area contributed by atoms with E-state index in [0.717, 1.165) is 39.3 Å². The molecule has 1 unspecified atom stereocenters. The Labute approximate surface area is 236 Å². The van der Waals surface area contributed by atoms with Crippen molar-refractivity contribution in [2.45, 2.75) is 25.7 Å². The van der Waals surface area contributed by atoms with Gasteiger partial charge in [-0.05, 0) is 61.1 Å². The normalized spacial score (nSPS) is 14.9. The van der Waals surface area contributed by atoms with Gasteiger partial charge >= 0.3 is 5.63 Å². The molecule has 0 bridgehead atoms. The molecule has 41 heavy (non-hydrogen) atoms. The Morgan fingerprint density at radius 3 is 2.39 bits per heavy atom. The Bertz CT molecular complexity index is 1990. The molecule has 6 heteroatoms. The minimum absolute atomic E-state index is 0.0722. The molecule has 7 rings (SSSR count). The zero-order chi connectivity index (χ0) is 27.9. The van der Waals surface area contributed by atoms with E-state index < -0.39 is 5.63 Å². The van der Waals surface area contributed by atoms with Crippen molar-refractivity contribution in [3.8, 4) is 22.7 Å². The van der Waals surface area contributed by atoms with Crippen LogP contribution < -0.4 is 5.63 Å². The Kier molecular flexibility index (Phi) is 6.08. The van der Waals surface area contributed by atoms with E-state index in [9.17, 15) is 9.90 Å². The zero-order valence-electron chi connectivity index (χ0n) is 22.5. The Balaban J connectivity index is 1.43. The smallest absolute Gasteiger partial charge is 0.349 e. The molecule has 3 heterocycles. The molecule has 0 saturated carbocycles. The number of para-hydroxylation sites is 3. The van der Waals surface area contributed by atoms with Crippen LogP contribution in [0.5, 0.6) is 5.75 Å². The molecule has 200 valence electrons. The number of aryl methyl sites for hydroxylation is 1. The molecule has 6 nitrogen and oxygen atoms in total. The lowest BCUT2D eigenvalue weighted by Gasteiger charge is -2.17. The van der Waals surface area contributed by atoms with Crippen LogP contribution >= 0.6 is 0 Å². The second kappa shape index (κ2) is 10.1.